The standard InChI is InChI=1S/C10H23NO/c1-5-7-10(4,12)8-11-9(3)6-2/h9,11-12H,5-8H2,1-4H3. The first-order chi connectivity index (χ1) is 5.52. The molecule has 0 aliphatic rings. The summed E-state index contributed by atoms with van der Waals surface area (Å²) in [6.07, 6.45) is 3.02. The van der Waals surface area contributed by atoms with Crippen molar-refractivity contribution in [3.8, 4) is 0 Å². The highest BCUT2D eigenvalue weighted by molar-refractivity contribution is 4.76. The maximum Gasteiger partial charge on any atom is 0.0743 e. The summed E-state index contributed by atoms with van der Waals surface area (Å²) in [5.41, 5.74) is -0.530. The molecule has 0 aromatic heterocycles. The van der Waals surface area contributed by atoms with Crippen LogP contribution in [0.3, 0.4) is 0 Å². The van der Waals surface area contributed by atoms with Crippen LogP contribution in [0.2, 0.25) is 0 Å². The number of hydrogen-bond donors (Lipinski definition) is 2. The van der Waals surface area contributed by atoms with E-state index in [2.05, 4.69) is 26.1 Å². The van der Waals surface area contributed by atoms with Crippen molar-refractivity contribution >= 4 is 0 Å². The fourth-order valence-corrected chi connectivity index (χ4v) is 1.17. The SMILES string of the molecule is CCCC(C)(O)CNC(C)CC. The molecule has 0 heterocycles. The van der Waals surface area contributed by atoms with Crippen LogP contribution >= 0.6 is 0 Å². The molecule has 0 aliphatic heterocycles. The van der Waals surface area contributed by atoms with Gasteiger partial charge >= 0.3 is 0 Å². The Morgan fingerprint density at radius 2 is 2.00 bits per heavy atom. The van der Waals surface area contributed by atoms with Crippen LogP contribution in [0.1, 0.15) is 47.0 Å². The van der Waals surface area contributed by atoms with Crippen molar-refractivity contribution in [3.63, 3.8) is 0 Å². The predicted octanol–water partition coefficient (Wildman–Crippen LogP) is 1.93. The summed E-state index contributed by atoms with van der Waals surface area (Å²) in [4.78, 5) is 0. The highest BCUT2D eigenvalue weighted by atomic mass is 16.3. The first-order valence-electron chi connectivity index (χ1n) is 4.97. The van der Waals surface area contributed by atoms with E-state index in [0.717, 1.165) is 19.3 Å². The Morgan fingerprint density at radius 3 is 2.42 bits per heavy atom. The van der Waals surface area contributed by atoms with E-state index in [1.54, 1.807) is 0 Å². The Labute approximate surface area is 76.4 Å². The second-order valence-electron chi connectivity index (χ2n) is 3.94. The third-order valence-electron chi connectivity index (χ3n) is 2.23. The van der Waals surface area contributed by atoms with Crippen molar-refractivity contribution in [3.05, 3.63) is 0 Å². The second kappa shape index (κ2) is 5.55. The molecular formula is C10H23NO. The van der Waals surface area contributed by atoms with Crippen LogP contribution < -0.4 is 5.32 Å². The first-order valence-corrected chi connectivity index (χ1v) is 4.97. The third-order valence-corrected chi connectivity index (χ3v) is 2.23. The van der Waals surface area contributed by atoms with Gasteiger partial charge in [-0.2, -0.15) is 0 Å². The van der Waals surface area contributed by atoms with Gasteiger partial charge in [0.2, 0.25) is 0 Å². The van der Waals surface area contributed by atoms with Gasteiger partial charge in [-0.25, -0.2) is 0 Å². The lowest BCUT2D eigenvalue weighted by atomic mass is 10.0. The number of aliphatic hydroxyl groups is 1. The summed E-state index contributed by atoms with van der Waals surface area (Å²) in [6, 6.07) is 0.508. The van der Waals surface area contributed by atoms with E-state index in [1.807, 2.05) is 6.92 Å². The fraction of sp³-hybridized carbons (Fsp3) is 1.00. The lowest BCUT2D eigenvalue weighted by Gasteiger charge is -2.25. The lowest BCUT2D eigenvalue weighted by molar-refractivity contribution is 0.0476. The smallest absolute Gasteiger partial charge is 0.0743 e. The van der Waals surface area contributed by atoms with Crippen LogP contribution in [-0.2, 0) is 0 Å². The molecule has 2 heteroatoms. The number of hydrogen-bond acceptors (Lipinski definition) is 2. The Hall–Kier alpha value is -0.0800. The van der Waals surface area contributed by atoms with Gasteiger partial charge in [-0.1, -0.05) is 20.3 Å². The van der Waals surface area contributed by atoms with Crippen molar-refractivity contribution in [2.75, 3.05) is 6.54 Å². The molecule has 0 aromatic carbocycles. The summed E-state index contributed by atoms with van der Waals surface area (Å²) < 4.78 is 0. The molecule has 0 fully saturated rings. The monoisotopic (exact) mass is 173 g/mol. The highest BCUT2D eigenvalue weighted by Crippen LogP contribution is 2.10. The van der Waals surface area contributed by atoms with Crippen LogP contribution in [0.4, 0.5) is 0 Å². The quantitative estimate of drug-likeness (QED) is 0.643. The minimum absolute atomic E-state index is 0.508. The molecule has 0 saturated carbocycles. The van der Waals surface area contributed by atoms with Crippen molar-refractivity contribution in [1.82, 2.24) is 5.32 Å². The van der Waals surface area contributed by atoms with E-state index in [4.69, 9.17) is 0 Å². The second-order valence-corrected chi connectivity index (χ2v) is 3.94. The maximum absolute atomic E-state index is 9.80. The molecule has 0 spiro atoms. The van der Waals surface area contributed by atoms with E-state index < -0.39 is 5.60 Å². The average molecular weight is 173 g/mol. The van der Waals surface area contributed by atoms with Gasteiger partial charge < -0.3 is 10.4 Å². The van der Waals surface area contributed by atoms with Gasteiger partial charge in [-0.3, -0.25) is 0 Å². The van der Waals surface area contributed by atoms with Gasteiger partial charge in [0.05, 0.1) is 5.60 Å². The summed E-state index contributed by atoms with van der Waals surface area (Å²) in [6.45, 7) is 8.98. The van der Waals surface area contributed by atoms with Crippen molar-refractivity contribution in [1.29, 1.82) is 0 Å². The Bertz CT molecular complexity index is 112. The van der Waals surface area contributed by atoms with Crippen LogP contribution in [0.5, 0.6) is 0 Å². The minimum Gasteiger partial charge on any atom is -0.389 e. The van der Waals surface area contributed by atoms with Crippen LogP contribution in [-0.4, -0.2) is 23.3 Å². The molecule has 74 valence electrons. The van der Waals surface area contributed by atoms with Gasteiger partial charge in [0.15, 0.2) is 0 Å². The third kappa shape index (κ3) is 5.56. The lowest BCUT2D eigenvalue weighted by Crippen LogP contribution is -2.41. The molecule has 0 amide bonds. The molecule has 2 unspecified atom stereocenters. The average Bonchev–Trinajstić information content (AvgIpc) is 2.00. The molecule has 0 bridgehead atoms. The molecule has 2 nitrogen and oxygen atoms in total. The molecular weight excluding hydrogens is 150 g/mol. The largest absolute Gasteiger partial charge is 0.389 e. The van der Waals surface area contributed by atoms with Crippen LogP contribution in [0.15, 0.2) is 0 Å². The van der Waals surface area contributed by atoms with Crippen molar-refractivity contribution in [2.24, 2.45) is 0 Å². The molecule has 0 aromatic rings. The first kappa shape index (κ1) is 11.9. The van der Waals surface area contributed by atoms with Crippen LogP contribution in [0, 0.1) is 0 Å². The maximum atomic E-state index is 9.80. The van der Waals surface area contributed by atoms with Gasteiger partial charge in [-0.15, -0.1) is 0 Å². The normalized spacial score (nSPS) is 18.8. The highest BCUT2D eigenvalue weighted by Gasteiger charge is 2.18. The summed E-state index contributed by atoms with van der Waals surface area (Å²) in [5.74, 6) is 0. The summed E-state index contributed by atoms with van der Waals surface area (Å²) >= 11 is 0. The van der Waals surface area contributed by atoms with E-state index in [1.165, 1.54) is 0 Å². The molecule has 0 saturated heterocycles. The molecule has 0 aliphatic carbocycles. The summed E-state index contributed by atoms with van der Waals surface area (Å²) in [5, 5.41) is 13.1. The van der Waals surface area contributed by atoms with Gasteiger partial charge in [0.1, 0.15) is 0 Å². The number of nitrogens with one attached hydrogen (secondary N) is 1. The zero-order chi connectivity index (χ0) is 9.61. The minimum atomic E-state index is -0.530. The van der Waals surface area contributed by atoms with E-state index >= 15 is 0 Å². The zero-order valence-electron chi connectivity index (χ0n) is 8.85. The molecule has 2 N–H and O–H groups in total. The van der Waals surface area contributed by atoms with Gasteiger partial charge in [0, 0.05) is 12.6 Å². The van der Waals surface area contributed by atoms with Gasteiger partial charge in [0.25, 0.3) is 0 Å². The van der Waals surface area contributed by atoms with E-state index in [0.29, 0.717) is 12.6 Å². The van der Waals surface area contributed by atoms with Crippen molar-refractivity contribution in [2.45, 2.75) is 58.6 Å². The molecule has 0 radical (unpaired) electrons. The van der Waals surface area contributed by atoms with E-state index in [-0.39, 0.29) is 0 Å². The molecule has 2 atom stereocenters. The summed E-state index contributed by atoms with van der Waals surface area (Å²) in [7, 11) is 0. The predicted molar refractivity (Wildman–Crippen MR) is 53.3 cm³/mol. The molecule has 12 heavy (non-hydrogen) atoms. The Morgan fingerprint density at radius 1 is 1.42 bits per heavy atom. The number of rotatable bonds is 6. The molecule has 0 rings (SSSR count). The van der Waals surface area contributed by atoms with Crippen LogP contribution in [0.25, 0.3) is 0 Å². The van der Waals surface area contributed by atoms with E-state index in [9.17, 15) is 5.11 Å². The Balaban J connectivity index is 3.59. The van der Waals surface area contributed by atoms with Crippen molar-refractivity contribution < 1.29 is 5.11 Å². The van der Waals surface area contributed by atoms with Gasteiger partial charge in [-0.05, 0) is 26.7 Å². The Kier molecular flexibility index (Phi) is 5.51. The topological polar surface area (TPSA) is 32.3 Å². The fourth-order valence-electron chi connectivity index (χ4n) is 1.17. The zero-order valence-corrected chi connectivity index (χ0v) is 8.85.